The fraction of sp³-hybridized carbons (Fsp3) is 0.750. The number of thioether (sulfide) groups is 1. The van der Waals surface area contributed by atoms with Crippen molar-refractivity contribution in [2.75, 3.05) is 33.1 Å². The van der Waals surface area contributed by atoms with E-state index in [1.54, 1.807) is 43.6 Å². The molecule has 1 unspecified atom stereocenters. The fourth-order valence-electron chi connectivity index (χ4n) is 3.34. The zero-order chi connectivity index (χ0) is 21.6. The summed E-state index contributed by atoms with van der Waals surface area (Å²) < 4.78 is 4.82. The normalized spacial score (nSPS) is 20.8. The molecule has 8 heteroatoms. The van der Waals surface area contributed by atoms with Gasteiger partial charge in [-0.15, -0.1) is 11.8 Å². The van der Waals surface area contributed by atoms with Crippen molar-refractivity contribution >= 4 is 29.5 Å². The summed E-state index contributed by atoms with van der Waals surface area (Å²) in [7, 11) is 3.60. The average molecular weight is 414 g/mol. The lowest BCUT2D eigenvalue weighted by atomic mass is 10.00. The van der Waals surface area contributed by atoms with Gasteiger partial charge in [0.05, 0.1) is 19.2 Å². The van der Waals surface area contributed by atoms with Gasteiger partial charge in [-0.25, -0.2) is 4.79 Å². The Labute approximate surface area is 173 Å². The first-order valence-corrected chi connectivity index (χ1v) is 10.6. The third-order valence-electron chi connectivity index (χ3n) is 4.94. The van der Waals surface area contributed by atoms with Crippen LogP contribution in [0.3, 0.4) is 0 Å². The zero-order valence-corrected chi connectivity index (χ0v) is 19.2. The van der Waals surface area contributed by atoms with Crippen molar-refractivity contribution in [3.63, 3.8) is 0 Å². The van der Waals surface area contributed by atoms with Crippen LogP contribution in [0.15, 0.2) is 11.6 Å². The van der Waals surface area contributed by atoms with Gasteiger partial charge in [-0.05, 0) is 40.7 Å². The fourth-order valence-corrected chi connectivity index (χ4v) is 4.47. The first-order valence-electron chi connectivity index (χ1n) is 9.65. The van der Waals surface area contributed by atoms with E-state index in [-0.39, 0.29) is 47.1 Å². The molecule has 0 aromatic rings. The molecule has 1 aliphatic rings. The third-order valence-corrected chi connectivity index (χ3v) is 6.45. The molecule has 1 saturated heterocycles. The van der Waals surface area contributed by atoms with Gasteiger partial charge in [-0.2, -0.15) is 0 Å². The second-order valence-electron chi connectivity index (χ2n) is 8.06. The van der Waals surface area contributed by atoms with Crippen LogP contribution in [-0.2, 0) is 19.1 Å². The largest absolute Gasteiger partial charge is 0.463 e. The van der Waals surface area contributed by atoms with E-state index < -0.39 is 0 Å². The molecule has 1 heterocycles. The van der Waals surface area contributed by atoms with Crippen molar-refractivity contribution in [3.8, 4) is 0 Å². The Morgan fingerprint density at radius 3 is 2.43 bits per heavy atom. The van der Waals surface area contributed by atoms with Crippen molar-refractivity contribution in [2.45, 2.75) is 58.4 Å². The molecule has 0 saturated carbocycles. The van der Waals surface area contributed by atoms with Crippen LogP contribution in [0.1, 0.15) is 41.5 Å². The summed E-state index contributed by atoms with van der Waals surface area (Å²) in [6.45, 7) is 11.7. The molecule has 7 nitrogen and oxygen atoms in total. The minimum atomic E-state index is -0.383. The lowest BCUT2D eigenvalue weighted by molar-refractivity contribution is -0.138. The third kappa shape index (κ3) is 6.24. The monoisotopic (exact) mass is 413 g/mol. The second-order valence-corrected chi connectivity index (χ2v) is 9.66. The number of carbonyl (C=O) groups excluding carboxylic acids is 3. The molecule has 1 N–H and O–H groups in total. The van der Waals surface area contributed by atoms with E-state index in [0.717, 1.165) is 5.88 Å². The Morgan fingerprint density at radius 2 is 1.96 bits per heavy atom. The molecule has 2 atom stereocenters. The minimum absolute atomic E-state index is 0.0735. The second kappa shape index (κ2) is 10.3. The van der Waals surface area contributed by atoms with Crippen LogP contribution < -0.4 is 5.32 Å². The van der Waals surface area contributed by atoms with Gasteiger partial charge in [0.15, 0.2) is 0 Å². The Bertz CT molecular complexity index is 619. The van der Waals surface area contributed by atoms with Crippen LogP contribution in [0.2, 0.25) is 0 Å². The highest BCUT2D eigenvalue weighted by Crippen LogP contribution is 2.38. The summed E-state index contributed by atoms with van der Waals surface area (Å²) in [5.41, 5.74) is 0.468. The van der Waals surface area contributed by atoms with Gasteiger partial charge >= 0.3 is 5.97 Å². The van der Waals surface area contributed by atoms with Gasteiger partial charge in [0.25, 0.3) is 0 Å². The van der Waals surface area contributed by atoms with Crippen LogP contribution in [0.4, 0.5) is 0 Å². The minimum Gasteiger partial charge on any atom is -0.463 e. The van der Waals surface area contributed by atoms with Crippen LogP contribution in [-0.4, -0.2) is 77.5 Å². The quantitative estimate of drug-likeness (QED) is 0.484. The maximum absolute atomic E-state index is 12.7. The van der Waals surface area contributed by atoms with E-state index in [2.05, 4.69) is 5.32 Å². The topological polar surface area (TPSA) is 79.0 Å². The molecule has 160 valence electrons. The van der Waals surface area contributed by atoms with Gasteiger partial charge in [-0.3, -0.25) is 14.5 Å². The highest BCUT2D eigenvalue weighted by atomic mass is 32.2. The summed E-state index contributed by atoms with van der Waals surface area (Å²) in [6, 6.07) is -0.544. The van der Waals surface area contributed by atoms with Gasteiger partial charge in [0.2, 0.25) is 11.8 Å². The maximum atomic E-state index is 12.7. The van der Waals surface area contributed by atoms with Crippen LogP contribution >= 0.6 is 11.8 Å². The zero-order valence-electron chi connectivity index (χ0n) is 18.4. The van der Waals surface area contributed by atoms with Crippen molar-refractivity contribution < 1.29 is 19.1 Å². The Kier molecular flexibility index (Phi) is 9.01. The summed E-state index contributed by atoms with van der Waals surface area (Å²) in [5.74, 6) is 0.160. The molecule has 28 heavy (non-hydrogen) atoms. The number of hydrogen-bond acceptors (Lipinski definition) is 6. The lowest BCUT2D eigenvalue weighted by Gasteiger charge is -2.31. The molecule has 0 radical (unpaired) electrons. The number of hydrogen-bond donors (Lipinski definition) is 1. The number of nitrogens with one attached hydrogen (secondary N) is 1. The van der Waals surface area contributed by atoms with Crippen LogP contribution in [0.5, 0.6) is 0 Å². The summed E-state index contributed by atoms with van der Waals surface area (Å²) in [4.78, 5) is 40.8. The molecule has 1 fully saturated rings. The van der Waals surface area contributed by atoms with Crippen molar-refractivity contribution in [1.29, 1.82) is 0 Å². The van der Waals surface area contributed by atoms with E-state index in [0.29, 0.717) is 12.2 Å². The number of nitrogens with zero attached hydrogens (tertiary/aromatic N) is 2. The number of likely N-dealkylation sites (N-methyl/N-ethyl adjacent to an activating group) is 2. The van der Waals surface area contributed by atoms with E-state index in [1.807, 2.05) is 39.6 Å². The van der Waals surface area contributed by atoms with Gasteiger partial charge in [0, 0.05) is 23.2 Å². The first kappa shape index (κ1) is 24.5. The van der Waals surface area contributed by atoms with Gasteiger partial charge in [0.1, 0.15) is 6.04 Å². The molecule has 1 aliphatic heterocycles. The molecule has 0 aromatic heterocycles. The van der Waals surface area contributed by atoms with Crippen molar-refractivity contribution in [2.24, 2.45) is 5.92 Å². The lowest BCUT2D eigenvalue weighted by Crippen LogP contribution is -2.52. The first-order chi connectivity index (χ1) is 12.9. The molecule has 0 aliphatic carbocycles. The number of carbonyl (C=O) groups is 3. The van der Waals surface area contributed by atoms with E-state index >= 15 is 0 Å². The van der Waals surface area contributed by atoms with Crippen molar-refractivity contribution in [3.05, 3.63) is 11.6 Å². The number of ether oxygens (including phenoxy) is 1. The van der Waals surface area contributed by atoms with Crippen LogP contribution in [0.25, 0.3) is 0 Å². The SMILES string of the molecule is CCOC(=O)C(C)=C[C@H](C(C)C)N(C)C(=O)CNC(=O)C1N(C)CSC1(C)C. The molecule has 0 bridgehead atoms. The van der Waals surface area contributed by atoms with Gasteiger partial charge < -0.3 is 15.0 Å². The van der Waals surface area contributed by atoms with Gasteiger partial charge in [-0.1, -0.05) is 19.9 Å². The Balaban J connectivity index is 2.77. The highest BCUT2D eigenvalue weighted by Gasteiger charge is 2.44. The number of esters is 1. The maximum Gasteiger partial charge on any atom is 0.333 e. The van der Waals surface area contributed by atoms with E-state index in [4.69, 9.17) is 4.74 Å². The smallest absolute Gasteiger partial charge is 0.333 e. The number of rotatable bonds is 8. The number of amides is 2. The molecule has 0 spiro atoms. The van der Waals surface area contributed by atoms with E-state index in [9.17, 15) is 14.4 Å². The molecular formula is C20H35N3O4S. The molecule has 1 rings (SSSR count). The highest BCUT2D eigenvalue weighted by molar-refractivity contribution is 8.00. The summed E-state index contributed by atoms with van der Waals surface area (Å²) >= 11 is 1.73. The molecule has 0 aromatic carbocycles. The molecule has 2 amide bonds. The predicted molar refractivity (Wildman–Crippen MR) is 113 cm³/mol. The average Bonchev–Trinajstić information content (AvgIpc) is 2.89. The predicted octanol–water partition coefficient (Wildman–Crippen LogP) is 1.88. The standard InChI is InChI=1S/C20H35N3O4S/c1-9-27-19(26)14(4)10-15(13(2)3)23(8)16(24)11-21-18(25)17-20(5,6)28-12-22(17)7/h10,13,15,17H,9,11-12H2,1-8H3,(H,21,25)/t15-,17?/m1/s1. The summed E-state index contributed by atoms with van der Waals surface area (Å²) in [6.07, 6.45) is 1.76. The Hall–Kier alpha value is -1.54. The summed E-state index contributed by atoms with van der Waals surface area (Å²) in [5, 5.41) is 2.78. The van der Waals surface area contributed by atoms with Crippen LogP contribution in [0, 0.1) is 5.92 Å². The molecular weight excluding hydrogens is 378 g/mol. The van der Waals surface area contributed by atoms with Crippen molar-refractivity contribution in [1.82, 2.24) is 15.1 Å². The van der Waals surface area contributed by atoms with E-state index in [1.165, 1.54) is 0 Å². The Morgan fingerprint density at radius 1 is 1.36 bits per heavy atom.